The number of hydrogen-bond donors (Lipinski definition) is 1. The number of aromatic nitrogens is 2. The number of nitrogens with zero attached hydrogens (tertiary/aromatic N) is 2. The third kappa shape index (κ3) is 2.88. The summed E-state index contributed by atoms with van der Waals surface area (Å²) in [4.78, 5) is 8.52. The molecule has 0 aliphatic carbocycles. The summed E-state index contributed by atoms with van der Waals surface area (Å²) in [7, 11) is 1.51. The van der Waals surface area contributed by atoms with Crippen LogP contribution in [0.5, 0.6) is 0 Å². The third-order valence-corrected chi connectivity index (χ3v) is 4.34. The Balaban J connectivity index is 3.31. The van der Waals surface area contributed by atoms with Gasteiger partial charge in [0.2, 0.25) is 0 Å². The highest BCUT2D eigenvalue weighted by molar-refractivity contribution is 8.68. The van der Waals surface area contributed by atoms with E-state index in [1.165, 1.54) is 16.4 Å². The molecule has 15 heavy (non-hydrogen) atoms. The Morgan fingerprint density at radius 3 is 2.27 bits per heavy atom. The molecule has 1 rings (SSSR count). The third-order valence-electron chi connectivity index (χ3n) is 2.32. The summed E-state index contributed by atoms with van der Waals surface area (Å²) in [6, 6.07) is 0. The van der Waals surface area contributed by atoms with Crippen molar-refractivity contribution in [1.82, 2.24) is 9.97 Å². The van der Waals surface area contributed by atoms with Gasteiger partial charge in [-0.1, -0.05) is 31.6 Å². The first kappa shape index (κ1) is 12.8. The fourth-order valence-corrected chi connectivity index (χ4v) is 1.91. The number of rotatable bonds is 2. The van der Waals surface area contributed by atoms with Crippen LogP contribution in [0.2, 0.25) is 0 Å². The van der Waals surface area contributed by atoms with Crippen LogP contribution in [-0.2, 0) is 10.2 Å². The molecule has 0 aromatic carbocycles. The molecule has 0 radical (unpaired) electrons. The second-order valence-corrected chi connectivity index (χ2v) is 6.89. The molecule has 0 spiro atoms. The lowest BCUT2D eigenvalue weighted by molar-refractivity contribution is 0.559. The molecule has 0 bridgehead atoms. The molecule has 1 aromatic rings. The van der Waals surface area contributed by atoms with Crippen LogP contribution in [0.3, 0.4) is 0 Å². The maximum Gasteiger partial charge on any atom is 0.115 e. The first-order chi connectivity index (χ1) is 6.79. The van der Waals surface area contributed by atoms with Crippen molar-refractivity contribution in [1.29, 1.82) is 0 Å². The molecule has 0 saturated carbocycles. The lowest BCUT2D eigenvalue weighted by Gasteiger charge is -2.28. The van der Waals surface area contributed by atoms with E-state index in [0.29, 0.717) is 0 Å². The first-order valence-electron chi connectivity index (χ1n) is 4.92. The molecule has 0 aliphatic rings. The predicted octanol–water partition coefficient (Wildman–Crippen LogP) is 3.59. The molecule has 0 saturated heterocycles. The summed E-state index contributed by atoms with van der Waals surface area (Å²) in [6.45, 7) is 10.8. The standard InChI is InChI=1S/C11H18N2S2/c1-10(2,3)8-6-12-7-13-9(8)11(4,5)15-14/h6-7,14H,1-5H3. The smallest absolute Gasteiger partial charge is 0.115 e. The molecule has 1 aromatic heterocycles. The van der Waals surface area contributed by atoms with Crippen molar-refractivity contribution in [2.24, 2.45) is 0 Å². The zero-order valence-corrected chi connectivity index (χ0v) is 11.6. The van der Waals surface area contributed by atoms with Crippen molar-refractivity contribution in [2.45, 2.75) is 44.8 Å². The maximum absolute atomic E-state index is 4.41. The number of thiol groups is 1. The normalized spacial score (nSPS) is 12.9. The van der Waals surface area contributed by atoms with E-state index in [9.17, 15) is 0 Å². The second-order valence-electron chi connectivity index (χ2n) is 5.14. The fraction of sp³-hybridized carbons (Fsp3) is 0.636. The minimum absolute atomic E-state index is 0.0668. The van der Waals surface area contributed by atoms with Gasteiger partial charge in [-0.25, -0.2) is 9.97 Å². The Labute approximate surface area is 101 Å². The quantitative estimate of drug-likeness (QED) is 0.634. The zero-order valence-electron chi connectivity index (χ0n) is 9.90. The van der Waals surface area contributed by atoms with Gasteiger partial charge < -0.3 is 0 Å². The maximum atomic E-state index is 4.41. The van der Waals surface area contributed by atoms with Crippen LogP contribution < -0.4 is 0 Å². The molecular weight excluding hydrogens is 224 g/mol. The molecule has 4 heteroatoms. The van der Waals surface area contributed by atoms with Gasteiger partial charge in [-0.15, -0.1) is 11.7 Å². The zero-order chi connectivity index (χ0) is 11.7. The van der Waals surface area contributed by atoms with E-state index in [-0.39, 0.29) is 10.2 Å². The Morgan fingerprint density at radius 2 is 1.80 bits per heavy atom. The molecule has 0 unspecified atom stereocenters. The highest BCUT2D eigenvalue weighted by atomic mass is 33.1. The van der Waals surface area contributed by atoms with Crippen LogP contribution in [0.4, 0.5) is 0 Å². The Kier molecular flexibility index (Phi) is 3.71. The van der Waals surface area contributed by atoms with E-state index >= 15 is 0 Å². The van der Waals surface area contributed by atoms with Crippen molar-refractivity contribution in [3.63, 3.8) is 0 Å². The largest absolute Gasteiger partial charge is 0.244 e. The van der Waals surface area contributed by atoms with Crippen molar-refractivity contribution < 1.29 is 0 Å². The summed E-state index contributed by atoms with van der Waals surface area (Å²) in [5, 5.41) is 0. The molecule has 0 aliphatic heterocycles. The van der Waals surface area contributed by atoms with Crippen LogP contribution in [0.1, 0.15) is 45.9 Å². The summed E-state index contributed by atoms with van der Waals surface area (Å²) in [5.74, 6) is 0. The van der Waals surface area contributed by atoms with Gasteiger partial charge >= 0.3 is 0 Å². The van der Waals surface area contributed by atoms with Crippen molar-refractivity contribution in [3.8, 4) is 0 Å². The molecule has 2 nitrogen and oxygen atoms in total. The Morgan fingerprint density at radius 1 is 1.20 bits per heavy atom. The lowest BCUT2D eigenvalue weighted by Crippen LogP contribution is -2.23. The van der Waals surface area contributed by atoms with E-state index in [4.69, 9.17) is 0 Å². The van der Waals surface area contributed by atoms with E-state index in [0.717, 1.165) is 5.69 Å². The first-order valence-corrected chi connectivity index (χ1v) is 6.79. The molecule has 0 N–H and O–H groups in total. The van der Waals surface area contributed by atoms with Crippen LogP contribution in [0.15, 0.2) is 12.5 Å². The molecule has 0 atom stereocenters. The topological polar surface area (TPSA) is 25.8 Å². The molecular formula is C11H18N2S2. The van der Waals surface area contributed by atoms with Crippen LogP contribution in [0, 0.1) is 0 Å². The summed E-state index contributed by atoms with van der Waals surface area (Å²) >= 11 is 4.31. The van der Waals surface area contributed by atoms with Gasteiger partial charge in [-0.05, 0) is 24.8 Å². The van der Waals surface area contributed by atoms with E-state index in [1.807, 2.05) is 6.20 Å². The highest BCUT2D eigenvalue weighted by Gasteiger charge is 2.29. The monoisotopic (exact) mass is 242 g/mol. The SMILES string of the molecule is CC(C)(C)c1cncnc1C(C)(C)SS. The Bertz CT molecular complexity index is 343. The minimum atomic E-state index is -0.0886. The average molecular weight is 242 g/mol. The molecule has 0 amide bonds. The van der Waals surface area contributed by atoms with E-state index in [2.05, 4.69) is 56.2 Å². The summed E-state index contributed by atoms with van der Waals surface area (Å²) in [6.07, 6.45) is 3.52. The number of hydrogen-bond acceptors (Lipinski definition) is 4. The van der Waals surface area contributed by atoms with Gasteiger partial charge in [0.15, 0.2) is 0 Å². The highest BCUT2D eigenvalue weighted by Crippen LogP contribution is 2.40. The Hall–Kier alpha value is -0.220. The lowest BCUT2D eigenvalue weighted by atomic mass is 9.84. The van der Waals surface area contributed by atoms with Crippen LogP contribution in [-0.4, -0.2) is 9.97 Å². The van der Waals surface area contributed by atoms with Gasteiger partial charge in [0.25, 0.3) is 0 Å². The van der Waals surface area contributed by atoms with E-state index < -0.39 is 0 Å². The van der Waals surface area contributed by atoms with Gasteiger partial charge in [-0.2, -0.15) is 0 Å². The summed E-state index contributed by atoms with van der Waals surface area (Å²) in [5.41, 5.74) is 2.33. The van der Waals surface area contributed by atoms with Crippen LogP contribution in [0.25, 0.3) is 0 Å². The average Bonchev–Trinajstić information content (AvgIpc) is 2.16. The van der Waals surface area contributed by atoms with Crippen LogP contribution >= 0.6 is 22.5 Å². The minimum Gasteiger partial charge on any atom is -0.244 e. The second kappa shape index (κ2) is 4.34. The van der Waals surface area contributed by atoms with Crippen molar-refractivity contribution in [3.05, 3.63) is 23.8 Å². The molecule has 84 valence electrons. The van der Waals surface area contributed by atoms with Gasteiger partial charge in [0.05, 0.1) is 10.4 Å². The predicted molar refractivity (Wildman–Crippen MR) is 70.3 cm³/mol. The summed E-state index contributed by atoms with van der Waals surface area (Å²) < 4.78 is -0.0886. The van der Waals surface area contributed by atoms with Gasteiger partial charge in [0, 0.05) is 6.20 Å². The fourth-order valence-electron chi connectivity index (χ4n) is 1.40. The van der Waals surface area contributed by atoms with Gasteiger partial charge in [-0.3, -0.25) is 0 Å². The molecule has 1 heterocycles. The molecule has 0 fully saturated rings. The van der Waals surface area contributed by atoms with E-state index in [1.54, 1.807) is 6.33 Å². The van der Waals surface area contributed by atoms with Crippen molar-refractivity contribution in [2.75, 3.05) is 0 Å². The van der Waals surface area contributed by atoms with Crippen molar-refractivity contribution >= 4 is 22.5 Å². The van der Waals surface area contributed by atoms with Gasteiger partial charge in [0.1, 0.15) is 6.33 Å².